The van der Waals surface area contributed by atoms with Crippen molar-refractivity contribution in [2.75, 3.05) is 24.6 Å². The summed E-state index contributed by atoms with van der Waals surface area (Å²) in [6, 6.07) is 1.70. The third-order valence-corrected chi connectivity index (χ3v) is 3.48. The number of nitrogens with zero attached hydrogens (tertiary/aromatic N) is 2. The van der Waals surface area contributed by atoms with E-state index in [1.165, 1.54) is 6.20 Å². The standard InChI is InChI=1S/C14H18N2O4/c1-2-20-14(19)10-4-7-16(8-5-10)12-3-6-15-9-11(12)13(17)18/h3,6,9-10H,2,4-5,7-8H2,1H3,(H,17,18). The lowest BCUT2D eigenvalue weighted by molar-refractivity contribution is -0.148. The fourth-order valence-electron chi connectivity index (χ4n) is 2.44. The Morgan fingerprint density at radius 1 is 1.45 bits per heavy atom. The van der Waals surface area contributed by atoms with Crippen LogP contribution in [0.5, 0.6) is 0 Å². The van der Waals surface area contributed by atoms with Crippen LogP contribution in [-0.2, 0) is 9.53 Å². The summed E-state index contributed by atoms with van der Waals surface area (Å²) in [5.74, 6) is -1.22. The van der Waals surface area contributed by atoms with Crippen molar-refractivity contribution in [3.8, 4) is 0 Å². The van der Waals surface area contributed by atoms with Crippen molar-refractivity contribution >= 4 is 17.6 Å². The summed E-state index contributed by atoms with van der Waals surface area (Å²) < 4.78 is 5.02. The number of carbonyl (C=O) groups is 2. The highest BCUT2D eigenvalue weighted by Crippen LogP contribution is 2.26. The number of hydrogen-bond acceptors (Lipinski definition) is 5. The Morgan fingerprint density at radius 3 is 2.75 bits per heavy atom. The molecule has 1 N–H and O–H groups in total. The van der Waals surface area contributed by atoms with Crippen LogP contribution in [0.4, 0.5) is 5.69 Å². The van der Waals surface area contributed by atoms with Crippen LogP contribution < -0.4 is 4.90 Å². The van der Waals surface area contributed by atoms with E-state index in [9.17, 15) is 9.59 Å². The SMILES string of the molecule is CCOC(=O)C1CCN(c2ccncc2C(=O)O)CC1. The molecule has 0 saturated carbocycles. The Balaban J connectivity index is 2.04. The van der Waals surface area contributed by atoms with Crippen molar-refractivity contribution in [1.82, 2.24) is 4.98 Å². The van der Waals surface area contributed by atoms with E-state index >= 15 is 0 Å². The van der Waals surface area contributed by atoms with Gasteiger partial charge in [0, 0.05) is 25.5 Å². The largest absolute Gasteiger partial charge is 0.478 e. The molecule has 0 unspecified atom stereocenters. The molecule has 1 aliphatic heterocycles. The second-order valence-electron chi connectivity index (χ2n) is 4.71. The number of piperidine rings is 1. The Labute approximate surface area is 117 Å². The number of carboxylic acid groups (broad SMARTS) is 1. The van der Waals surface area contributed by atoms with E-state index in [1.807, 2.05) is 4.90 Å². The monoisotopic (exact) mass is 278 g/mol. The van der Waals surface area contributed by atoms with Gasteiger partial charge in [-0.25, -0.2) is 4.79 Å². The number of aromatic nitrogens is 1. The number of pyridine rings is 1. The van der Waals surface area contributed by atoms with Gasteiger partial charge in [0.25, 0.3) is 0 Å². The van der Waals surface area contributed by atoms with Crippen molar-refractivity contribution in [2.45, 2.75) is 19.8 Å². The lowest BCUT2D eigenvalue weighted by Crippen LogP contribution is -2.37. The average Bonchev–Trinajstić information content (AvgIpc) is 2.47. The molecule has 0 atom stereocenters. The highest BCUT2D eigenvalue weighted by Gasteiger charge is 2.27. The predicted octanol–water partition coefficient (Wildman–Crippen LogP) is 1.56. The van der Waals surface area contributed by atoms with Gasteiger partial charge in [-0.15, -0.1) is 0 Å². The molecule has 0 aromatic carbocycles. The normalized spacial score (nSPS) is 15.9. The van der Waals surface area contributed by atoms with E-state index < -0.39 is 5.97 Å². The number of hydrogen-bond donors (Lipinski definition) is 1. The first-order chi connectivity index (χ1) is 9.63. The van der Waals surface area contributed by atoms with E-state index in [0.29, 0.717) is 38.2 Å². The van der Waals surface area contributed by atoms with Crippen LogP contribution in [0, 0.1) is 5.92 Å². The van der Waals surface area contributed by atoms with Crippen molar-refractivity contribution < 1.29 is 19.4 Å². The van der Waals surface area contributed by atoms with Gasteiger partial charge in [-0.05, 0) is 25.8 Å². The molecular formula is C14H18N2O4. The zero-order valence-electron chi connectivity index (χ0n) is 11.4. The third-order valence-electron chi connectivity index (χ3n) is 3.48. The zero-order valence-corrected chi connectivity index (χ0v) is 11.4. The van der Waals surface area contributed by atoms with E-state index in [4.69, 9.17) is 9.84 Å². The Morgan fingerprint density at radius 2 is 2.15 bits per heavy atom. The molecule has 1 saturated heterocycles. The molecule has 6 nitrogen and oxygen atoms in total. The van der Waals surface area contributed by atoms with Crippen LogP contribution in [0.1, 0.15) is 30.1 Å². The fraction of sp³-hybridized carbons (Fsp3) is 0.500. The van der Waals surface area contributed by atoms with Crippen molar-refractivity contribution in [3.63, 3.8) is 0 Å². The van der Waals surface area contributed by atoms with Gasteiger partial charge < -0.3 is 14.7 Å². The molecule has 6 heteroatoms. The maximum Gasteiger partial charge on any atom is 0.339 e. The number of carbonyl (C=O) groups excluding carboxylic acids is 1. The molecule has 0 radical (unpaired) electrons. The lowest BCUT2D eigenvalue weighted by Gasteiger charge is -2.33. The van der Waals surface area contributed by atoms with Crippen LogP contribution in [0.3, 0.4) is 0 Å². The number of esters is 1. The number of rotatable bonds is 4. The Bertz CT molecular complexity index is 496. The molecule has 2 rings (SSSR count). The fourth-order valence-corrected chi connectivity index (χ4v) is 2.44. The quantitative estimate of drug-likeness (QED) is 0.842. The first-order valence-electron chi connectivity index (χ1n) is 6.72. The molecule has 20 heavy (non-hydrogen) atoms. The first kappa shape index (κ1) is 14.3. The van der Waals surface area contributed by atoms with Gasteiger partial charge >= 0.3 is 11.9 Å². The van der Waals surface area contributed by atoms with E-state index in [1.54, 1.807) is 19.2 Å². The highest BCUT2D eigenvalue weighted by atomic mass is 16.5. The van der Waals surface area contributed by atoms with Gasteiger partial charge in [0.1, 0.15) is 5.56 Å². The summed E-state index contributed by atoms with van der Waals surface area (Å²) in [5, 5.41) is 9.17. The van der Waals surface area contributed by atoms with Gasteiger partial charge in [-0.3, -0.25) is 9.78 Å². The molecule has 1 aromatic rings. The highest BCUT2D eigenvalue weighted by molar-refractivity contribution is 5.94. The Kier molecular flexibility index (Phi) is 4.55. The third kappa shape index (κ3) is 3.07. The van der Waals surface area contributed by atoms with E-state index in [-0.39, 0.29) is 17.5 Å². The van der Waals surface area contributed by atoms with Gasteiger partial charge in [0.05, 0.1) is 18.2 Å². The molecule has 0 spiro atoms. The Hall–Kier alpha value is -2.11. The topological polar surface area (TPSA) is 79.7 Å². The van der Waals surface area contributed by atoms with Gasteiger partial charge in [-0.2, -0.15) is 0 Å². The molecule has 1 aliphatic rings. The molecule has 0 bridgehead atoms. The summed E-state index contributed by atoms with van der Waals surface area (Å²) in [6.07, 6.45) is 4.30. The number of carboxylic acids is 1. The van der Waals surface area contributed by atoms with Crippen molar-refractivity contribution in [2.24, 2.45) is 5.92 Å². The van der Waals surface area contributed by atoms with Gasteiger partial charge in [0.2, 0.25) is 0 Å². The van der Waals surface area contributed by atoms with Gasteiger partial charge in [0.15, 0.2) is 0 Å². The van der Waals surface area contributed by atoms with Crippen molar-refractivity contribution in [3.05, 3.63) is 24.0 Å². The molecule has 1 fully saturated rings. The molecule has 0 amide bonds. The van der Waals surface area contributed by atoms with Gasteiger partial charge in [-0.1, -0.05) is 0 Å². The number of ether oxygens (including phenoxy) is 1. The maximum atomic E-state index is 11.7. The van der Waals surface area contributed by atoms with Crippen LogP contribution in [0.2, 0.25) is 0 Å². The second kappa shape index (κ2) is 6.36. The minimum absolute atomic E-state index is 0.0821. The summed E-state index contributed by atoms with van der Waals surface area (Å²) in [5.41, 5.74) is 0.858. The van der Waals surface area contributed by atoms with E-state index in [2.05, 4.69) is 4.98 Å². The predicted molar refractivity (Wildman–Crippen MR) is 72.8 cm³/mol. The van der Waals surface area contributed by atoms with E-state index in [0.717, 1.165) is 0 Å². The number of aromatic carboxylic acids is 1. The summed E-state index contributed by atoms with van der Waals surface area (Å²) >= 11 is 0. The minimum atomic E-state index is -0.986. The smallest absolute Gasteiger partial charge is 0.339 e. The molecular weight excluding hydrogens is 260 g/mol. The first-order valence-corrected chi connectivity index (χ1v) is 6.72. The van der Waals surface area contributed by atoms with Crippen LogP contribution in [0.25, 0.3) is 0 Å². The molecule has 2 heterocycles. The summed E-state index contributed by atoms with van der Waals surface area (Å²) in [6.45, 7) is 3.48. The maximum absolute atomic E-state index is 11.7. The van der Waals surface area contributed by atoms with Crippen LogP contribution in [0.15, 0.2) is 18.5 Å². The summed E-state index contributed by atoms with van der Waals surface area (Å²) in [7, 11) is 0. The molecule has 108 valence electrons. The molecule has 1 aromatic heterocycles. The zero-order chi connectivity index (χ0) is 14.5. The average molecular weight is 278 g/mol. The lowest BCUT2D eigenvalue weighted by atomic mass is 9.96. The van der Waals surface area contributed by atoms with Crippen molar-refractivity contribution in [1.29, 1.82) is 0 Å². The number of anilines is 1. The van der Waals surface area contributed by atoms with Crippen LogP contribution in [-0.4, -0.2) is 41.7 Å². The minimum Gasteiger partial charge on any atom is -0.478 e. The molecule has 0 aliphatic carbocycles. The second-order valence-corrected chi connectivity index (χ2v) is 4.71. The summed E-state index contributed by atoms with van der Waals surface area (Å²) in [4.78, 5) is 28.7. The van der Waals surface area contributed by atoms with Crippen LogP contribution >= 0.6 is 0 Å².